The lowest BCUT2D eigenvalue weighted by atomic mass is 10.1. The zero-order valence-electron chi connectivity index (χ0n) is 18.4. The van der Waals surface area contributed by atoms with Crippen LogP contribution in [-0.2, 0) is 6.18 Å². The zero-order valence-corrected chi connectivity index (χ0v) is 18.4. The van der Waals surface area contributed by atoms with Crippen molar-refractivity contribution in [2.24, 2.45) is 0 Å². The van der Waals surface area contributed by atoms with Gasteiger partial charge >= 0.3 is 6.18 Å². The quantitative estimate of drug-likeness (QED) is 0.460. The molecule has 4 nitrogen and oxygen atoms in total. The number of rotatable bonds is 7. The first kappa shape index (κ1) is 24.0. The van der Waals surface area contributed by atoms with Crippen molar-refractivity contribution in [3.8, 4) is 0 Å². The van der Waals surface area contributed by atoms with Gasteiger partial charge in [-0.25, -0.2) is 0 Å². The van der Waals surface area contributed by atoms with E-state index >= 15 is 0 Å². The summed E-state index contributed by atoms with van der Waals surface area (Å²) in [4.78, 5) is 26.9. The number of halogens is 3. The summed E-state index contributed by atoms with van der Waals surface area (Å²) >= 11 is 0. The average molecular weight is 454 g/mol. The normalized spacial score (nSPS) is 11.2. The van der Waals surface area contributed by atoms with E-state index in [0.29, 0.717) is 17.5 Å². The highest BCUT2D eigenvalue weighted by molar-refractivity contribution is 6.07. The first-order valence-electron chi connectivity index (χ1n) is 10.6. The van der Waals surface area contributed by atoms with Crippen molar-refractivity contribution in [1.82, 2.24) is 5.32 Å². The second-order valence-corrected chi connectivity index (χ2v) is 7.80. The van der Waals surface area contributed by atoms with Crippen LogP contribution in [-0.4, -0.2) is 24.9 Å². The lowest BCUT2D eigenvalue weighted by Gasteiger charge is -2.25. The largest absolute Gasteiger partial charge is 0.416 e. The zero-order chi connectivity index (χ0) is 24.0. The third-order valence-electron chi connectivity index (χ3n) is 5.26. The minimum Gasteiger partial charge on any atom is -0.352 e. The Bertz CT molecular complexity index is 1120. The molecule has 172 valence electrons. The molecule has 33 heavy (non-hydrogen) atoms. The Morgan fingerprint density at radius 3 is 2.27 bits per heavy atom. The van der Waals surface area contributed by atoms with Crippen molar-refractivity contribution in [2.75, 3.05) is 18.0 Å². The molecule has 0 saturated heterocycles. The van der Waals surface area contributed by atoms with Gasteiger partial charge in [0.05, 0.1) is 5.56 Å². The lowest BCUT2D eigenvalue weighted by molar-refractivity contribution is -0.137. The summed E-state index contributed by atoms with van der Waals surface area (Å²) < 4.78 is 39.8. The average Bonchev–Trinajstić information content (AvgIpc) is 2.79. The highest BCUT2D eigenvalue weighted by atomic mass is 19.4. The first-order valence-corrected chi connectivity index (χ1v) is 10.6. The number of aryl methyl sites for hydroxylation is 2. The molecule has 2 amide bonds. The fourth-order valence-electron chi connectivity index (χ4n) is 3.40. The molecule has 0 spiro atoms. The molecule has 0 atom stereocenters. The molecule has 0 bridgehead atoms. The summed E-state index contributed by atoms with van der Waals surface area (Å²) in [5, 5.41) is 2.79. The third-order valence-corrected chi connectivity index (χ3v) is 5.26. The van der Waals surface area contributed by atoms with Crippen LogP contribution in [0.5, 0.6) is 0 Å². The van der Waals surface area contributed by atoms with Crippen molar-refractivity contribution in [1.29, 1.82) is 0 Å². The molecule has 1 N–H and O–H groups in total. The van der Waals surface area contributed by atoms with Gasteiger partial charge in [-0.15, -0.1) is 0 Å². The Balaban J connectivity index is 1.76. The monoisotopic (exact) mass is 454 g/mol. The Hall–Kier alpha value is -3.61. The number of amides is 2. The molecule has 0 aromatic heterocycles. The second kappa shape index (κ2) is 10.3. The molecule has 3 aromatic rings. The number of hydrogen-bond donors (Lipinski definition) is 1. The van der Waals surface area contributed by atoms with Crippen molar-refractivity contribution in [2.45, 2.75) is 26.4 Å². The molecule has 0 fully saturated rings. The summed E-state index contributed by atoms with van der Waals surface area (Å²) in [6.45, 7) is 4.11. The van der Waals surface area contributed by atoms with Crippen molar-refractivity contribution >= 4 is 17.5 Å². The maximum atomic E-state index is 13.3. The van der Waals surface area contributed by atoms with E-state index in [9.17, 15) is 22.8 Å². The summed E-state index contributed by atoms with van der Waals surface area (Å²) in [6, 6.07) is 18.8. The van der Waals surface area contributed by atoms with Crippen molar-refractivity contribution < 1.29 is 22.8 Å². The summed E-state index contributed by atoms with van der Waals surface area (Å²) in [7, 11) is 0. The Labute approximate surface area is 191 Å². The number of nitrogens with zero attached hydrogens (tertiary/aromatic N) is 1. The summed E-state index contributed by atoms with van der Waals surface area (Å²) in [6.07, 6.45) is -4.15. The third kappa shape index (κ3) is 6.22. The standard InChI is InChI=1S/C26H25F3N2O2/c1-18-11-13-20(14-12-18)24(32)30-15-6-16-31(25(33)23-10-4-3-7-19(23)2)22-9-5-8-21(17-22)26(27,28)29/h3-5,7-14,17H,6,15-16H2,1-2H3,(H,30,32). The smallest absolute Gasteiger partial charge is 0.352 e. The van der Waals surface area contributed by atoms with Gasteiger partial charge in [-0.05, 0) is 62.2 Å². The molecule has 7 heteroatoms. The van der Waals surface area contributed by atoms with Gasteiger partial charge < -0.3 is 10.2 Å². The Morgan fingerprint density at radius 2 is 1.61 bits per heavy atom. The maximum Gasteiger partial charge on any atom is 0.416 e. The van der Waals surface area contributed by atoms with Gasteiger partial charge in [0, 0.05) is 29.9 Å². The molecule has 0 radical (unpaired) electrons. The van der Waals surface area contributed by atoms with Crippen LogP contribution < -0.4 is 10.2 Å². The molecule has 0 unspecified atom stereocenters. The van der Waals surface area contributed by atoms with E-state index < -0.39 is 17.6 Å². The first-order chi connectivity index (χ1) is 15.7. The van der Waals surface area contributed by atoms with Gasteiger partial charge in [-0.1, -0.05) is 42.0 Å². The number of benzene rings is 3. The van der Waals surface area contributed by atoms with E-state index in [2.05, 4.69) is 5.32 Å². The molecule has 0 heterocycles. The van der Waals surface area contributed by atoms with Gasteiger partial charge in [0.1, 0.15) is 0 Å². The van der Waals surface area contributed by atoms with Crippen LogP contribution in [0.2, 0.25) is 0 Å². The predicted molar refractivity (Wildman–Crippen MR) is 122 cm³/mol. The number of carbonyl (C=O) groups is 2. The molecule has 3 rings (SSSR count). The van der Waals surface area contributed by atoms with Crippen molar-refractivity contribution in [3.63, 3.8) is 0 Å². The Kier molecular flexibility index (Phi) is 7.53. The number of nitrogens with one attached hydrogen (secondary N) is 1. The van der Waals surface area contributed by atoms with E-state index in [4.69, 9.17) is 0 Å². The molecular weight excluding hydrogens is 429 g/mol. The lowest BCUT2D eigenvalue weighted by Crippen LogP contribution is -2.35. The minimum absolute atomic E-state index is 0.142. The van der Waals surface area contributed by atoms with Gasteiger partial charge in [-0.3, -0.25) is 9.59 Å². The second-order valence-electron chi connectivity index (χ2n) is 7.80. The van der Waals surface area contributed by atoms with Crippen LogP contribution in [0.15, 0.2) is 72.8 Å². The van der Waals surface area contributed by atoms with Crippen LogP contribution in [0.3, 0.4) is 0 Å². The fourth-order valence-corrected chi connectivity index (χ4v) is 3.40. The van der Waals surface area contributed by atoms with Crippen LogP contribution in [0, 0.1) is 13.8 Å². The molecule has 0 aliphatic heterocycles. The maximum absolute atomic E-state index is 13.3. The highest BCUT2D eigenvalue weighted by Crippen LogP contribution is 2.32. The molecule has 0 aliphatic carbocycles. The van der Waals surface area contributed by atoms with E-state index in [1.165, 1.54) is 17.0 Å². The fraction of sp³-hybridized carbons (Fsp3) is 0.231. The van der Waals surface area contributed by atoms with Gasteiger partial charge in [0.25, 0.3) is 11.8 Å². The SMILES string of the molecule is Cc1ccc(C(=O)NCCCN(C(=O)c2ccccc2C)c2cccc(C(F)(F)F)c2)cc1. The van der Waals surface area contributed by atoms with E-state index in [-0.39, 0.29) is 24.7 Å². The Morgan fingerprint density at radius 1 is 0.909 bits per heavy atom. The van der Waals surface area contributed by atoms with Gasteiger partial charge in [0.15, 0.2) is 0 Å². The molecule has 0 saturated carbocycles. The minimum atomic E-state index is -4.52. The van der Waals surface area contributed by atoms with E-state index in [1.54, 1.807) is 43.3 Å². The number of alkyl halides is 3. The number of anilines is 1. The predicted octanol–water partition coefficient (Wildman–Crippen LogP) is 5.79. The van der Waals surface area contributed by atoms with E-state index in [1.807, 2.05) is 19.1 Å². The van der Waals surface area contributed by atoms with Crippen LogP contribution in [0.1, 0.15) is 43.8 Å². The number of hydrogen-bond acceptors (Lipinski definition) is 2. The number of carbonyl (C=O) groups excluding carboxylic acids is 2. The van der Waals surface area contributed by atoms with Gasteiger partial charge in [0.2, 0.25) is 0 Å². The van der Waals surface area contributed by atoms with E-state index in [0.717, 1.165) is 23.3 Å². The molecule has 3 aromatic carbocycles. The van der Waals surface area contributed by atoms with Crippen LogP contribution >= 0.6 is 0 Å². The summed E-state index contributed by atoms with van der Waals surface area (Å²) in [5.74, 6) is -0.636. The highest BCUT2D eigenvalue weighted by Gasteiger charge is 2.31. The molecular formula is C26H25F3N2O2. The van der Waals surface area contributed by atoms with Crippen molar-refractivity contribution in [3.05, 3.63) is 101 Å². The topological polar surface area (TPSA) is 49.4 Å². The molecule has 0 aliphatic rings. The summed E-state index contributed by atoms with van der Waals surface area (Å²) in [5.41, 5.74) is 2.04. The van der Waals surface area contributed by atoms with Crippen LogP contribution in [0.4, 0.5) is 18.9 Å². The van der Waals surface area contributed by atoms with Crippen LogP contribution in [0.25, 0.3) is 0 Å². The van der Waals surface area contributed by atoms with Gasteiger partial charge in [-0.2, -0.15) is 13.2 Å².